The van der Waals surface area contributed by atoms with Crippen LogP contribution in [0.15, 0.2) is 29.3 Å². The molecule has 1 heterocycles. The van der Waals surface area contributed by atoms with Crippen LogP contribution in [-0.4, -0.2) is 30.0 Å². The molecule has 144 valence electrons. The number of nitrogens with zero attached hydrogens (tertiary/aromatic N) is 2. The molecule has 0 radical (unpaired) electrons. The smallest absolute Gasteiger partial charge is 0.191 e. The normalized spacial score (nSPS) is 27.0. The van der Waals surface area contributed by atoms with E-state index in [1.165, 1.54) is 43.2 Å². The van der Waals surface area contributed by atoms with E-state index in [0.29, 0.717) is 17.4 Å². The van der Waals surface area contributed by atoms with Crippen LogP contribution in [0, 0.1) is 5.41 Å². The van der Waals surface area contributed by atoms with Crippen LogP contribution in [-0.2, 0) is 5.41 Å². The second kappa shape index (κ2) is 7.25. The van der Waals surface area contributed by atoms with Crippen LogP contribution >= 0.6 is 0 Å². The second-order valence-electron chi connectivity index (χ2n) is 10.2. The van der Waals surface area contributed by atoms with Crippen LogP contribution in [0.2, 0.25) is 0 Å². The maximum absolute atomic E-state index is 6.40. The van der Waals surface area contributed by atoms with Crippen molar-refractivity contribution in [2.24, 2.45) is 16.1 Å². The van der Waals surface area contributed by atoms with Crippen molar-refractivity contribution >= 4 is 5.96 Å². The minimum absolute atomic E-state index is 0.213. The number of aliphatic imine (C=N–C) groups is 1. The van der Waals surface area contributed by atoms with Gasteiger partial charge in [-0.3, -0.25) is 0 Å². The van der Waals surface area contributed by atoms with Gasteiger partial charge in [0.2, 0.25) is 0 Å². The van der Waals surface area contributed by atoms with Crippen LogP contribution in [0.25, 0.3) is 0 Å². The summed E-state index contributed by atoms with van der Waals surface area (Å²) < 4.78 is 0. The number of rotatable bonds is 2. The van der Waals surface area contributed by atoms with Crippen LogP contribution < -0.4 is 5.73 Å². The predicted octanol–water partition coefficient (Wildman–Crippen LogP) is 5.06. The standard InChI is InChI=1S/C23H37N3/c1-22(2,3)19-10-8-17(9-11-19)18-12-14-26(16-18)21(24)25-20-7-6-13-23(4,5)15-20/h8-11,18,20H,6-7,12-16H2,1-5H3,(H2,24,25). The molecule has 0 bridgehead atoms. The third kappa shape index (κ3) is 4.61. The van der Waals surface area contributed by atoms with Gasteiger partial charge in [-0.2, -0.15) is 0 Å². The molecule has 2 atom stereocenters. The SMILES string of the molecule is CC1(C)CCCC(N=C(N)N2CCC(c3ccc(C(C)(C)C)cc3)C2)C1. The van der Waals surface area contributed by atoms with E-state index in [1.807, 2.05) is 0 Å². The summed E-state index contributed by atoms with van der Waals surface area (Å²) in [6, 6.07) is 9.61. The van der Waals surface area contributed by atoms with Gasteiger partial charge in [0.05, 0.1) is 6.04 Å². The summed E-state index contributed by atoms with van der Waals surface area (Å²) in [5.74, 6) is 1.34. The number of hydrogen-bond acceptors (Lipinski definition) is 1. The zero-order valence-corrected chi connectivity index (χ0v) is 17.4. The average Bonchev–Trinajstić information content (AvgIpc) is 3.03. The van der Waals surface area contributed by atoms with E-state index >= 15 is 0 Å². The minimum atomic E-state index is 0.213. The van der Waals surface area contributed by atoms with Crippen LogP contribution in [0.5, 0.6) is 0 Å². The van der Waals surface area contributed by atoms with E-state index in [1.54, 1.807) is 0 Å². The summed E-state index contributed by atoms with van der Waals surface area (Å²) in [5.41, 5.74) is 9.86. The first-order chi connectivity index (χ1) is 12.1. The molecule has 3 heteroatoms. The molecule has 1 saturated carbocycles. The summed E-state index contributed by atoms with van der Waals surface area (Å²) in [7, 11) is 0. The van der Waals surface area contributed by atoms with Gasteiger partial charge < -0.3 is 10.6 Å². The van der Waals surface area contributed by atoms with Crippen molar-refractivity contribution < 1.29 is 0 Å². The first kappa shape index (κ1) is 19.3. The molecule has 2 unspecified atom stereocenters. The number of likely N-dealkylation sites (tertiary alicyclic amines) is 1. The van der Waals surface area contributed by atoms with Gasteiger partial charge in [-0.15, -0.1) is 0 Å². The lowest BCUT2D eigenvalue weighted by Gasteiger charge is -2.33. The fourth-order valence-electron chi connectivity index (χ4n) is 4.53. The molecule has 3 nitrogen and oxygen atoms in total. The molecule has 1 aromatic carbocycles. The Labute approximate surface area is 160 Å². The fourth-order valence-corrected chi connectivity index (χ4v) is 4.53. The number of hydrogen-bond donors (Lipinski definition) is 1. The number of benzene rings is 1. The van der Waals surface area contributed by atoms with Gasteiger partial charge in [0, 0.05) is 19.0 Å². The third-order valence-electron chi connectivity index (χ3n) is 6.25. The molecule has 2 N–H and O–H groups in total. The van der Waals surface area contributed by atoms with Crippen molar-refractivity contribution in [3.8, 4) is 0 Å². The van der Waals surface area contributed by atoms with Crippen LogP contribution in [0.3, 0.4) is 0 Å². The molecule has 0 spiro atoms. The molecule has 26 heavy (non-hydrogen) atoms. The van der Waals surface area contributed by atoms with Crippen molar-refractivity contribution in [2.45, 2.75) is 84.1 Å². The van der Waals surface area contributed by atoms with Crippen molar-refractivity contribution in [3.63, 3.8) is 0 Å². The Morgan fingerprint density at radius 2 is 1.85 bits per heavy atom. The number of guanidine groups is 1. The largest absolute Gasteiger partial charge is 0.370 e. The predicted molar refractivity (Wildman–Crippen MR) is 112 cm³/mol. The maximum atomic E-state index is 6.40. The Balaban J connectivity index is 1.62. The zero-order chi connectivity index (χ0) is 18.9. The fraction of sp³-hybridized carbons (Fsp3) is 0.696. The van der Waals surface area contributed by atoms with Gasteiger partial charge in [-0.05, 0) is 47.6 Å². The molecule has 2 fully saturated rings. The van der Waals surface area contributed by atoms with Gasteiger partial charge >= 0.3 is 0 Å². The Morgan fingerprint density at radius 1 is 1.15 bits per heavy atom. The van der Waals surface area contributed by atoms with E-state index in [4.69, 9.17) is 10.7 Å². The van der Waals surface area contributed by atoms with Gasteiger partial charge in [0.25, 0.3) is 0 Å². The maximum Gasteiger partial charge on any atom is 0.191 e. The Hall–Kier alpha value is -1.51. The highest BCUT2D eigenvalue weighted by molar-refractivity contribution is 5.78. The topological polar surface area (TPSA) is 41.6 Å². The molecule has 2 aliphatic rings. The molecule has 0 amide bonds. The lowest BCUT2D eigenvalue weighted by molar-refractivity contribution is 0.221. The molecule has 1 aromatic rings. The molecular weight excluding hydrogens is 318 g/mol. The van der Waals surface area contributed by atoms with Crippen molar-refractivity contribution in [1.29, 1.82) is 0 Å². The minimum Gasteiger partial charge on any atom is -0.370 e. The molecule has 0 aromatic heterocycles. The summed E-state index contributed by atoms with van der Waals surface area (Å²) >= 11 is 0. The Bertz CT molecular complexity index is 636. The van der Waals surface area contributed by atoms with E-state index in [-0.39, 0.29) is 5.41 Å². The lowest BCUT2D eigenvalue weighted by atomic mass is 9.75. The summed E-state index contributed by atoms with van der Waals surface area (Å²) in [6.45, 7) is 13.5. The van der Waals surface area contributed by atoms with Crippen molar-refractivity contribution in [2.75, 3.05) is 13.1 Å². The van der Waals surface area contributed by atoms with Crippen molar-refractivity contribution in [1.82, 2.24) is 4.90 Å². The van der Waals surface area contributed by atoms with E-state index in [9.17, 15) is 0 Å². The average molecular weight is 356 g/mol. The highest BCUT2D eigenvalue weighted by Gasteiger charge is 2.30. The summed E-state index contributed by atoms with van der Waals surface area (Å²) in [4.78, 5) is 7.20. The zero-order valence-electron chi connectivity index (χ0n) is 17.4. The summed E-state index contributed by atoms with van der Waals surface area (Å²) in [6.07, 6.45) is 6.11. The first-order valence-electron chi connectivity index (χ1n) is 10.3. The van der Waals surface area contributed by atoms with E-state index in [0.717, 1.165) is 19.0 Å². The molecule has 1 aliphatic carbocycles. The van der Waals surface area contributed by atoms with Crippen LogP contribution in [0.4, 0.5) is 0 Å². The second-order valence-corrected chi connectivity index (χ2v) is 10.2. The highest BCUT2D eigenvalue weighted by atomic mass is 15.3. The van der Waals surface area contributed by atoms with Gasteiger partial charge in [0.1, 0.15) is 0 Å². The molecule has 3 rings (SSSR count). The lowest BCUT2D eigenvalue weighted by Crippen LogP contribution is -2.37. The molecular formula is C23H37N3. The number of nitrogens with two attached hydrogens (primary N) is 1. The van der Waals surface area contributed by atoms with E-state index in [2.05, 4.69) is 63.8 Å². The third-order valence-corrected chi connectivity index (χ3v) is 6.25. The van der Waals surface area contributed by atoms with Crippen LogP contribution in [0.1, 0.15) is 83.8 Å². The molecule has 1 aliphatic heterocycles. The first-order valence-corrected chi connectivity index (χ1v) is 10.3. The van der Waals surface area contributed by atoms with Gasteiger partial charge in [-0.25, -0.2) is 4.99 Å². The molecule has 1 saturated heterocycles. The highest BCUT2D eigenvalue weighted by Crippen LogP contribution is 2.37. The van der Waals surface area contributed by atoms with Crippen molar-refractivity contribution in [3.05, 3.63) is 35.4 Å². The van der Waals surface area contributed by atoms with Gasteiger partial charge in [-0.1, -0.05) is 65.3 Å². The monoisotopic (exact) mass is 355 g/mol. The Morgan fingerprint density at radius 3 is 2.46 bits per heavy atom. The Kier molecular flexibility index (Phi) is 5.37. The summed E-state index contributed by atoms with van der Waals surface area (Å²) in [5, 5.41) is 0. The van der Waals surface area contributed by atoms with Gasteiger partial charge in [0.15, 0.2) is 5.96 Å². The quantitative estimate of drug-likeness (QED) is 0.595. The van der Waals surface area contributed by atoms with E-state index < -0.39 is 0 Å².